The molecule has 1 aromatic heterocycles. The highest BCUT2D eigenvalue weighted by Crippen LogP contribution is 2.22. The minimum atomic E-state index is -0.107. The van der Waals surface area contributed by atoms with Crippen molar-refractivity contribution in [1.29, 1.82) is 0 Å². The molecular weight excluding hydrogens is 172 g/mol. The normalized spacial score (nSPS) is 12.9. The molecule has 0 saturated heterocycles. The Labute approximate surface area is 76.2 Å². The molecule has 3 nitrogen and oxygen atoms in total. The van der Waals surface area contributed by atoms with Gasteiger partial charge in [0, 0.05) is 12.2 Å². The van der Waals surface area contributed by atoms with Crippen LogP contribution in [0, 0.1) is 6.92 Å². The SMILES string of the molecule is Cc1cccc(C(CN)SO)n1. The molecule has 1 unspecified atom stereocenters. The lowest BCUT2D eigenvalue weighted by atomic mass is 10.2. The summed E-state index contributed by atoms with van der Waals surface area (Å²) in [5, 5.41) is -0.107. The summed E-state index contributed by atoms with van der Waals surface area (Å²) < 4.78 is 8.87. The Hall–Kier alpha value is -0.580. The summed E-state index contributed by atoms with van der Waals surface area (Å²) in [7, 11) is 0. The average Bonchev–Trinajstić information content (AvgIpc) is 2.07. The first kappa shape index (κ1) is 9.51. The zero-order valence-electron chi connectivity index (χ0n) is 6.90. The third kappa shape index (κ3) is 2.20. The molecule has 0 amide bonds. The minimum Gasteiger partial charge on any atom is -0.329 e. The van der Waals surface area contributed by atoms with Gasteiger partial charge >= 0.3 is 0 Å². The third-order valence-corrected chi connectivity index (χ3v) is 2.27. The van der Waals surface area contributed by atoms with Crippen LogP contribution in [0.5, 0.6) is 0 Å². The Kier molecular flexibility index (Phi) is 3.52. The van der Waals surface area contributed by atoms with Gasteiger partial charge in [0.1, 0.15) is 0 Å². The molecule has 0 radical (unpaired) electrons. The zero-order chi connectivity index (χ0) is 8.97. The molecule has 0 aromatic carbocycles. The topological polar surface area (TPSA) is 59.1 Å². The quantitative estimate of drug-likeness (QED) is 0.700. The first-order valence-corrected chi connectivity index (χ1v) is 4.55. The van der Waals surface area contributed by atoms with E-state index in [0.717, 1.165) is 23.4 Å². The molecule has 1 atom stereocenters. The predicted octanol–water partition coefficient (Wildman–Crippen LogP) is 1.60. The van der Waals surface area contributed by atoms with Gasteiger partial charge in [-0.3, -0.25) is 4.98 Å². The third-order valence-electron chi connectivity index (χ3n) is 1.58. The molecule has 0 saturated carbocycles. The van der Waals surface area contributed by atoms with Gasteiger partial charge in [-0.15, -0.1) is 0 Å². The van der Waals surface area contributed by atoms with Crippen LogP contribution in [0.25, 0.3) is 0 Å². The van der Waals surface area contributed by atoms with E-state index in [1.165, 1.54) is 0 Å². The predicted molar refractivity (Wildman–Crippen MR) is 51.0 cm³/mol. The fraction of sp³-hybridized carbons (Fsp3) is 0.375. The van der Waals surface area contributed by atoms with Gasteiger partial charge in [0.25, 0.3) is 0 Å². The fourth-order valence-corrected chi connectivity index (χ4v) is 1.29. The van der Waals surface area contributed by atoms with Crippen molar-refractivity contribution in [2.45, 2.75) is 12.2 Å². The fourth-order valence-electron chi connectivity index (χ4n) is 0.961. The Bertz CT molecular complexity index is 251. The van der Waals surface area contributed by atoms with Gasteiger partial charge in [0.05, 0.1) is 10.9 Å². The summed E-state index contributed by atoms with van der Waals surface area (Å²) in [5.74, 6) is 0. The van der Waals surface area contributed by atoms with Crippen molar-refractivity contribution in [1.82, 2.24) is 4.98 Å². The van der Waals surface area contributed by atoms with Crippen LogP contribution < -0.4 is 5.73 Å². The van der Waals surface area contributed by atoms with Crippen LogP contribution in [0.2, 0.25) is 0 Å². The summed E-state index contributed by atoms with van der Waals surface area (Å²) >= 11 is 0.744. The van der Waals surface area contributed by atoms with Crippen LogP contribution in [0.3, 0.4) is 0 Å². The summed E-state index contributed by atoms with van der Waals surface area (Å²) in [5.41, 5.74) is 7.23. The maximum atomic E-state index is 8.87. The van der Waals surface area contributed by atoms with Crippen molar-refractivity contribution in [2.24, 2.45) is 5.73 Å². The summed E-state index contributed by atoms with van der Waals surface area (Å²) in [6.07, 6.45) is 0. The summed E-state index contributed by atoms with van der Waals surface area (Å²) in [6.45, 7) is 2.32. The van der Waals surface area contributed by atoms with E-state index < -0.39 is 0 Å². The molecule has 12 heavy (non-hydrogen) atoms. The molecule has 1 heterocycles. The van der Waals surface area contributed by atoms with Gasteiger partial charge < -0.3 is 10.3 Å². The molecule has 3 N–H and O–H groups in total. The number of pyridine rings is 1. The van der Waals surface area contributed by atoms with Crippen LogP contribution >= 0.6 is 12.0 Å². The van der Waals surface area contributed by atoms with Crippen molar-refractivity contribution in [3.8, 4) is 0 Å². The van der Waals surface area contributed by atoms with E-state index in [1.54, 1.807) is 0 Å². The first-order chi connectivity index (χ1) is 5.77. The highest BCUT2D eigenvalue weighted by atomic mass is 32.2. The molecule has 0 spiro atoms. The first-order valence-electron chi connectivity index (χ1n) is 3.71. The van der Waals surface area contributed by atoms with Crippen LogP contribution in [0.4, 0.5) is 0 Å². The Morgan fingerprint density at radius 1 is 1.67 bits per heavy atom. The van der Waals surface area contributed by atoms with E-state index in [1.807, 2.05) is 25.1 Å². The van der Waals surface area contributed by atoms with Gasteiger partial charge in [-0.2, -0.15) is 0 Å². The largest absolute Gasteiger partial charge is 0.329 e. The number of nitrogens with zero attached hydrogens (tertiary/aromatic N) is 1. The molecule has 0 aliphatic heterocycles. The number of hydrogen-bond acceptors (Lipinski definition) is 4. The number of aromatic nitrogens is 1. The summed E-state index contributed by atoms with van der Waals surface area (Å²) in [4.78, 5) is 4.25. The van der Waals surface area contributed by atoms with Crippen molar-refractivity contribution in [2.75, 3.05) is 6.54 Å². The molecule has 0 fully saturated rings. The van der Waals surface area contributed by atoms with Crippen molar-refractivity contribution in [3.63, 3.8) is 0 Å². The van der Waals surface area contributed by atoms with Gasteiger partial charge in [-0.05, 0) is 31.1 Å². The highest BCUT2D eigenvalue weighted by Gasteiger charge is 2.10. The lowest BCUT2D eigenvalue weighted by Crippen LogP contribution is -2.10. The maximum Gasteiger partial charge on any atom is 0.0852 e. The molecule has 0 aliphatic rings. The van der Waals surface area contributed by atoms with E-state index in [-0.39, 0.29) is 5.25 Å². The molecule has 1 aromatic rings. The number of rotatable bonds is 3. The Balaban J connectivity index is 2.85. The smallest absolute Gasteiger partial charge is 0.0852 e. The second kappa shape index (κ2) is 4.45. The number of hydrogen-bond donors (Lipinski definition) is 2. The van der Waals surface area contributed by atoms with Crippen LogP contribution in [-0.2, 0) is 0 Å². The van der Waals surface area contributed by atoms with Crippen LogP contribution in [0.1, 0.15) is 16.6 Å². The van der Waals surface area contributed by atoms with Crippen molar-refractivity contribution >= 4 is 12.0 Å². The molecular formula is C8H12N2OS. The minimum absolute atomic E-state index is 0.107. The Morgan fingerprint density at radius 2 is 2.42 bits per heavy atom. The van der Waals surface area contributed by atoms with Crippen LogP contribution in [-0.4, -0.2) is 16.1 Å². The molecule has 0 aliphatic carbocycles. The van der Waals surface area contributed by atoms with Gasteiger partial charge in [-0.25, -0.2) is 0 Å². The standard InChI is InChI=1S/C8H12N2OS/c1-6-3-2-4-7(10-6)8(5-9)12-11/h2-4,8,11H,5,9H2,1H3. The zero-order valence-corrected chi connectivity index (χ0v) is 7.71. The second-order valence-electron chi connectivity index (χ2n) is 2.53. The van der Waals surface area contributed by atoms with Crippen molar-refractivity contribution < 1.29 is 4.55 Å². The lowest BCUT2D eigenvalue weighted by molar-refractivity contribution is 0.647. The van der Waals surface area contributed by atoms with E-state index in [0.29, 0.717) is 6.54 Å². The second-order valence-corrected chi connectivity index (χ2v) is 3.31. The van der Waals surface area contributed by atoms with Crippen LogP contribution in [0.15, 0.2) is 18.2 Å². The highest BCUT2D eigenvalue weighted by molar-refractivity contribution is 7.94. The van der Waals surface area contributed by atoms with E-state index in [9.17, 15) is 0 Å². The van der Waals surface area contributed by atoms with Gasteiger partial charge in [0.2, 0.25) is 0 Å². The number of aryl methyl sites for hydroxylation is 1. The lowest BCUT2D eigenvalue weighted by Gasteiger charge is -2.09. The monoisotopic (exact) mass is 184 g/mol. The Morgan fingerprint density at radius 3 is 2.92 bits per heavy atom. The molecule has 1 rings (SSSR count). The molecule has 66 valence electrons. The van der Waals surface area contributed by atoms with Crippen molar-refractivity contribution in [3.05, 3.63) is 29.6 Å². The average molecular weight is 184 g/mol. The van der Waals surface area contributed by atoms with E-state index in [4.69, 9.17) is 10.3 Å². The molecule has 0 bridgehead atoms. The maximum absolute atomic E-state index is 8.87. The molecule has 4 heteroatoms. The number of nitrogens with two attached hydrogens (primary N) is 1. The summed E-state index contributed by atoms with van der Waals surface area (Å²) in [6, 6.07) is 5.70. The van der Waals surface area contributed by atoms with E-state index in [2.05, 4.69) is 4.98 Å². The van der Waals surface area contributed by atoms with Gasteiger partial charge in [0.15, 0.2) is 0 Å². The van der Waals surface area contributed by atoms with Gasteiger partial charge in [-0.1, -0.05) is 6.07 Å². The van der Waals surface area contributed by atoms with E-state index >= 15 is 0 Å².